The van der Waals surface area contributed by atoms with Crippen LogP contribution in [0, 0.1) is 6.92 Å². The molecule has 7 nitrogen and oxygen atoms in total. The van der Waals surface area contributed by atoms with Crippen LogP contribution in [-0.4, -0.2) is 13.1 Å². The van der Waals surface area contributed by atoms with E-state index in [-0.39, 0.29) is 28.3 Å². The summed E-state index contributed by atoms with van der Waals surface area (Å²) in [6.45, 7) is 1.63. The van der Waals surface area contributed by atoms with Gasteiger partial charge in [-0.05, 0) is 59.3 Å². The highest BCUT2D eigenvalue weighted by molar-refractivity contribution is 9.10. The highest BCUT2D eigenvalue weighted by Gasteiger charge is 2.19. The third kappa shape index (κ3) is 3.92. The van der Waals surface area contributed by atoms with Crippen LogP contribution in [0.1, 0.15) is 16.3 Å². The van der Waals surface area contributed by atoms with Crippen LogP contribution in [0.3, 0.4) is 0 Å². The van der Waals surface area contributed by atoms with Gasteiger partial charge in [0.2, 0.25) is 16.9 Å². The molecule has 5 rings (SSSR count). The number of rotatable bonds is 5. The van der Waals surface area contributed by atoms with Crippen molar-refractivity contribution in [3.63, 3.8) is 0 Å². The molecule has 34 heavy (non-hydrogen) atoms. The minimum Gasteiger partial charge on any atom is -0.493 e. The first-order valence-corrected chi connectivity index (χ1v) is 11.0. The van der Waals surface area contributed by atoms with Crippen LogP contribution in [0.15, 0.2) is 84.8 Å². The predicted molar refractivity (Wildman–Crippen MR) is 129 cm³/mol. The number of hydrogen-bond acceptors (Lipinski definition) is 7. The van der Waals surface area contributed by atoms with E-state index in [9.17, 15) is 9.59 Å². The molecule has 0 saturated heterocycles. The van der Waals surface area contributed by atoms with E-state index in [1.165, 1.54) is 25.3 Å². The molecule has 0 N–H and O–H groups in total. The second-order valence-corrected chi connectivity index (χ2v) is 8.24. The first-order chi connectivity index (χ1) is 16.4. The Morgan fingerprint density at radius 3 is 2.53 bits per heavy atom. The van der Waals surface area contributed by atoms with Crippen LogP contribution < -0.4 is 19.6 Å². The molecule has 0 amide bonds. The van der Waals surface area contributed by atoms with E-state index in [4.69, 9.17) is 23.0 Å². The maximum absolute atomic E-state index is 13.0. The normalized spacial score (nSPS) is 11.0. The summed E-state index contributed by atoms with van der Waals surface area (Å²) >= 11 is 3.40. The van der Waals surface area contributed by atoms with E-state index in [2.05, 4.69) is 15.9 Å². The molecule has 2 aromatic heterocycles. The Hall–Kier alpha value is -4.04. The number of aryl methyl sites for hydroxylation is 1. The van der Waals surface area contributed by atoms with E-state index >= 15 is 0 Å². The lowest BCUT2D eigenvalue weighted by atomic mass is 10.2. The number of ether oxygens (including phenoxy) is 3. The highest BCUT2D eigenvalue weighted by atomic mass is 79.9. The lowest BCUT2D eigenvalue weighted by molar-refractivity contribution is 0.0704. The lowest BCUT2D eigenvalue weighted by Gasteiger charge is -2.10. The molecule has 170 valence electrons. The van der Waals surface area contributed by atoms with E-state index in [1.54, 1.807) is 43.3 Å². The molecule has 0 radical (unpaired) electrons. The number of esters is 1. The SMILES string of the molecule is COc1cccc2cc(C(=O)Oc3ccc4c(=O)c(Oc5ccccc5Br)c(C)oc4c3)oc12. The molecule has 0 unspecified atom stereocenters. The predicted octanol–water partition coefficient (Wildman–Crippen LogP) is 6.63. The molecule has 3 aromatic carbocycles. The second-order valence-electron chi connectivity index (χ2n) is 7.39. The Labute approximate surface area is 201 Å². The third-order valence-electron chi connectivity index (χ3n) is 5.18. The standard InChI is InChI=1S/C26H17BrO7/c1-14-24(33-19-8-4-3-7-18(19)27)23(28)17-11-10-16(13-21(17)31-14)32-26(29)22-12-15-6-5-9-20(30-2)25(15)34-22/h3-13H,1-2H3. The average Bonchev–Trinajstić information content (AvgIpc) is 3.27. The Balaban J connectivity index is 1.45. The van der Waals surface area contributed by atoms with Gasteiger partial charge >= 0.3 is 5.97 Å². The zero-order valence-electron chi connectivity index (χ0n) is 18.1. The number of furan rings is 1. The molecule has 0 aliphatic heterocycles. The number of methoxy groups -OCH3 is 1. The quantitative estimate of drug-likeness (QED) is 0.190. The summed E-state index contributed by atoms with van der Waals surface area (Å²) in [6, 6.07) is 18.6. The highest BCUT2D eigenvalue weighted by Crippen LogP contribution is 2.32. The van der Waals surface area contributed by atoms with Crippen molar-refractivity contribution in [1.29, 1.82) is 0 Å². The van der Waals surface area contributed by atoms with Crippen molar-refractivity contribution in [3.8, 4) is 23.0 Å². The van der Waals surface area contributed by atoms with E-state index in [1.807, 2.05) is 12.1 Å². The number of halogens is 1. The van der Waals surface area contributed by atoms with Crippen molar-refractivity contribution in [3.05, 3.63) is 92.9 Å². The van der Waals surface area contributed by atoms with Crippen molar-refractivity contribution < 1.29 is 27.8 Å². The fourth-order valence-electron chi connectivity index (χ4n) is 3.54. The van der Waals surface area contributed by atoms with Crippen LogP contribution in [0.4, 0.5) is 0 Å². The van der Waals surface area contributed by atoms with Gasteiger partial charge < -0.3 is 23.0 Å². The Bertz CT molecular complexity index is 1610. The summed E-state index contributed by atoms with van der Waals surface area (Å²) in [6.07, 6.45) is 0. The van der Waals surface area contributed by atoms with Gasteiger partial charge in [0.15, 0.2) is 11.3 Å². The third-order valence-corrected chi connectivity index (χ3v) is 5.83. The summed E-state index contributed by atoms with van der Waals surface area (Å²) in [5, 5.41) is 1.00. The first kappa shape index (κ1) is 21.8. The van der Waals surface area contributed by atoms with Crippen LogP contribution in [-0.2, 0) is 0 Å². The van der Waals surface area contributed by atoms with Gasteiger partial charge in [-0.15, -0.1) is 0 Å². The summed E-state index contributed by atoms with van der Waals surface area (Å²) < 4.78 is 28.7. The molecular formula is C26H17BrO7. The van der Waals surface area contributed by atoms with E-state index in [0.717, 1.165) is 0 Å². The van der Waals surface area contributed by atoms with Gasteiger partial charge in [0, 0.05) is 11.5 Å². The van der Waals surface area contributed by atoms with Gasteiger partial charge in [-0.2, -0.15) is 0 Å². The summed E-state index contributed by atoms with van der Waals surface area (Å²) in [5.41, 5.74) is 0.380. The Morgan fingerprint density at radius 1 is 0.941 bits per heavy atom. The number of carbonyl (C=O) groups is 1. The number of carbonyl (C=O) groups excluding carboxylic acids is 1. The van der Waals surface area contributed by atoms with Crippen LogP contribution in [0.2, 0.25) is 0 Å². The molecule has 5 aromatic rings. The average molecular weight is 521 g/mol. The summed E-state index contributed by atoms with van der Waals surface area (Å²) in [7, 11) is 1.52. The zero-order chi connectivity index (χ0) is 23.8. The molecule has 2 heterocycles. The van der Waals surface area contributed by atoms with Crippen LogP contribution in [0.5, 0.6) is 23.0 Å². The molecular weight excluding hydrogens is 504 g/mol. The van der Waals surface area contributed by atoms with Gasteiger partial charge in [-0.1, -0.05) is 24.3 Å². The molecule has 0 fully saturated rings. The van der Waals surface area contributed by atoms with Crippen LogP contribution >= 0.6 is 15.9 Å². The minimum atomic E-state index is -0.689. The Kier molecular flexibility index (Phi) is 5.59. The molecule has 8 heteroatoms. The smallest absolute Gasteiger partial charge is 0.379 e. The lowest BCUT2D eigenvalue weighted by Crippen LogP contribution is -2.09. The van der Waals surface area contributed by atoms with Gasteiger partial charge in [0.25, 0.3) is 0 Å². The van der Waals surface area contributed by atoms with Gasteiger partial charge in [-0.3, -0.25) is 4.79 Å². The fraction of sp³-hybridized carbons (Fsp3) is 0.0769. The largest absolute Gasteiger partial charge is 0.493 e. The zero-order valence-corrected chi connectivity index (χ0v) is 19.7. The second kappa shape index (κ2) is 8.72. The van der Waals surface area contributed by atoms with E-state index < -0.39 is 5.97 Å². The maximum atomic E-state index is 13.0. The number of hydrogen-bond donors (Lipinski definition) is 0. The van der Waals surface area contributed by atoms with Crippen molar-refractivity contribution in [2.24, 2.45) is 0 Å². The van der Waals surface area contributed by atoms with Crippen LogP contribution in [0.25, 0.3) is 21.9 Å². The van der Waals surface area contributed by atoms with E-state index in [0.29, 0.717) is 38.1 Å². The summed E-state index contributed by atoms with van der Waals surface area (Å²) in [4.78, 5) is 25.7. The Morgan fingerprint density at radius 2 is 1.74 bits per heavy atom. The van der Waals surface area contributed by atoms with Gasteiger partial charge in [-0.25, -0.2) is 4.79 Å². The van der Waals surface area contributed by atoms with Crippen molar-refractivity contribution in [2.45, 2.75) is 6.92 Å². The molecule has 0 saturated carbocycles. The number of para-hydroxylation sites is 2. The molecule has 0 aliphatic rings. The van der Waals surface area contributed by atoms with Crippen molar-refractivity contribution >= 4 is 43.8 Å². The molecule has 0 aliphatic carbocycles. The van der Waals surface area contributed by atoms with Crippen molar-refractivity contribution in [2.75, 3.05) is 7.11 Å². The fourth-order valence-corrected chi connectivity index (χ4v) is 3.91. The number of fused-ring (bicyclic) bond motifs is 2. The van der Waals surface area contributed by atoms with Gasteiger partial charge in [0.1, 0.15) is 22.8 Å². The topological polar surface area (TPSA) is 88.1 Å². The maximum Gasteiger partial charge on any atom is 0.379 e. The minimum absolute atomic E-state index is 0.0226. The molecule has 0 spiro atoms. The monoisotopic (exact) mass is 520 g/mol. The molecule has 0 atom stereocenters. The number of benzene rings is 3. The molecule has 0 bridgehead atoms. The first-order valence-electron chi connectivity index (χ1n) is 10.2. The van der Waals surface area contributed by atoms with Gasteiger partial charge in [0.05, 0.1) is 17.0 Å². The van der Waals surface area contributed by atoms with Crippen molar-refractivity contribution in [1.82, 2.24) is 0 Å². The summed E-state index contributed by atoms with van der Waals surface area (Å²) in [5.74, 6) is 0.915.